The lowest BCUT2D eigenvalue weighted by Gasteiger charge is -2.12. The minimum atomic E-state index is -0.835. The first-order valence-electron chi connectivity index (χ1n) is 5.43. The zero-order valence-electron chi connectivity index (χ0n) is 10.4. The summed E-state index contributed by atoms with van der Waals surface area (Å²) < 4.78 is 17.7. The lowest BCUT2D eigenvalue weighted by Crippen LogP contribution is -2.26. The number of tetrazole rings is 1. The molecule has 2 unspecified atom stereocenters. The minimum Gasteiger partial charge on any atom is -0.383 e. The molecule has 1 aromatic heterocycles. The number of hydrogen-bond donors (Lipinski definition) is 1. The summed E-state index contributed by atoms with van der Waals surface area (Å²) in [6.07, 6.45) is 1.67. The van der Waals surface area contributed by atoms with Crippen LogP contribution in [0.25, 0.3) is 0 Å². The number of nitrogens with one attached hydrogen (secondary N) is 1. The summed E-state index contributed by atoms with van der Waals surface area (Å²) in [4.78, 5) is 0. The van der Waals surface area contributed by atoms with Crippen molar-refractivity contribution in [2.45, 2.75) is 19.5 Å². The van der Waals surface area contributed by atoms with Gasteiger partial charge in [-0.05, 0) is 17.4 Å². The standard InChI is InChI=1S/C9H19N5O2S/c1-8(10-4-6-16-2)9-11-12-13-14(9)5-7-17(3)15/h8,10H,4-7H2,1-3H3. The van der Waals surface area contributed by atoms with E-state index in [4.69, 9.17) is 4.74 Å². The predicted molar refractivity (Wildman–Crippen MR) is 65.0 cm³/mol. The molecule has 0 fully saturated rings. The molecule has 0 aliphatic carbocycles. The third kappa shape index (κ3) is 4.88. The Morgan fingerprint density at radius 3 is 3.00 bits per heavy atom. The van der Waals surface area contributed by atoms with Gasteiger partial charge in [-0.25, -0.2) is 4.68 Å². The van der Waals surface area contributed by atoms with Gasteiger partial charge in [0, 0.05) is 36.5 Å². The molecule has 0 bridgehead atoms. The second kappa shape index (κ2) is 7.46. The maximum absolute atomic E-state index is 11.0. The van der Waals surface area contributed by atoms with Gasteiger partial charge >= 0.3 is 0 Å². The van der Waals surface area contributed by atoms with Crippen LogP contribution in [0.5, 0.6) is 0 Å². The van der Waals surface area contributed by atoms with Crippen molar-refractivity contribution in [2.24, 2.45) is 0 Å². The fraction of sp³-hybridized carbons (Fsp3) is 0.889. The summed E-state index contributed by atoms with van der Waals surface area (Å²) in [7, 11) is 0.824. The van der Waals surface area contributed by atoms with Crippen LogP contribution in [0.2, 0.25) is 0 Å². The number of hydrogen-bond acceptors (Lipinski definition) is 6. The molecule has 7 nitrogen and oxygen atoms in total. The SMILES string of the molecule is COCCNC(C)c1nnnn1CCS(C)=O. The molecule has 0 saturated heterocycles. The average Bonchev–Trinajstić information content (AvgIpc) is 2.74. The second-order valence-electron chi connectivity index (χ2n) is 3.71. The van der Waals surface area contributed by atoms with E-state index in [2.05, 4.69) is 20.8 Å². The zero-order valence-corrected chi connectivity index (χ0v) is 11.2. The average molecular weight is 261 g/mol. The summed E-state index contributed by atoms with van der Waals surface area (Å²) in [6, 6.07) is 0.0467. The minimum absolute atomic E-state index is 0.0467. The number of rotatable bonds is 8. The highest BCUT2D eigenvalue weighted by molar-refractivity contribution is 7.84. The van der Waals surface area contributed by atoms with Crippen LogP contribution >= 0.6 is 0 Å². The number of aryl methyl sites for hydroxylation is 1. The predicted octanol–water partition coefficient (Wildman–Crippen LogP) is -0.651. The highest BCUT2D eigenvalue weighted by atomic mass is 32.2. The number of methoxy groups -OCH3 is 1. The molecule has 0 spiro atoms. The van der Waals surface area contributed by atoms with E-state index in [1.165, 1.54) is 0 Å². The van der Waals surface area contributed by atoms with E-state index >= 15 is 0 Å². The zero-order chi connectivity index (χ0) is 12.7. The highest BCUT2D eigenvalue weighted by Gasteiger charge is 2.13. The normalized spacial score (nSPS) is 14.8. The summed E-state index contributed by atoms with van der Waals surface area (Å²) in [5.74, 6) is 1.31. The molecule has 0 radical (unpaired) electrons. The third-order valence-corrected chi connectivity index (χ3v) is 3.05. The molecule has 2 atom stereocenters. The van der Waals surface area contributed by atoms with Crippen LogP contribution in [0.1, 0.15) is 18.8 Å². The maximum Gasteiger partial charge on any atom is 0.167 e. The van der Waals surface area contributed by atoms with Crippen LogP contribution in [0, 0.1) is 0 Å². The van der Waals surface area contributed by atoms with E-state index in [1.807, 2.05) is 6.92 Å². The highest BCUT2D eigenvalue weighted by Crippen LogP contribution is 2.06. The Labute approximate surface area is 103 Å². The van der Waals surface area contributed by atoms with Gasteiger partial charge in [0.05, 0.1) is 19.2 Å². The molecule has 1 rings (SSSR count). The van der Waals surface area contributed by atoms with E-state index in [1.54, 1.807) is 18.0 Å². The first kappa shape index (κ1) is 14.2. The van der Waals surface area contributed by atoms with E-state index in [-0.39, 0.29) is 6.04 Å². The van der Waals surface area contributed by atoms with Gasteiger partial charge in [0.15, 0.2) is 5.82 Å². The van der Waals surface area contributed by atoms with Crippen molar-refractivity contribution in [2.75, 3.05) is 32.3 Å². The van der Waals surface area contributed by atoms with E-state index < -0.39 is 10.8 Å². The van der Waals surface area contributed by atoms with Gasteiger partial charge in [-0.2, -0.15) is 0 Å². The summed E-state index contributed by atoms with van der Waals surface area (Å²) >= 11 is 0. The van der Waals surface area contributed by atoms with Gasteiger partial charge in [-0.1, -0.05) is 0 Å². The number of nitrogens with zero attached hydrogens (tertiary/aromatic N) is 4. The molecule has 1 N–H and O–H groups in total. The topological polar surface area (TPSA) is 81.9 Å². The van der Waals surface area contributed by atoms with Gasteiger partial charge in [-0.15, -0.1) is 5.10 Å². The maximum atomic E-state index is 11.0. The van der Waals surface area contributed by atoms with Gasteiger partial charge in [0.2, 0.25) is 0 Å². The quantitative estimate of drug-likeness (QED) is 0.626. The van der Waals surface area contributed by atoms with Crippen molar-refractivity contribution in [3.05, 3.63) is 5.82 Å². The second-order valence-corrected chi connectivity index (χ2v) is 5.26. The number of ether oxygens (including phenoxy) is 1. The fourth-order valence-electron chi connectivity index (χ4n) is 1.36. The smallest absolute Gasteiger partial charge is 0.167 e. The van der Waals surface area contributed by atoms with Crippen molar-refractivity contribution < 1.29 is 8.95 Å². The Morgan fingerprint density at radius 2 is 2.35 bits per heavy atom. The molecule has 1 heterocycles. The van der Waals surface area contributed by atoms with Crippen molar-refractivity contribution in [3.63, 3.8) is 0 Å². The van der Waals surface area contributed by atoms with Crippen LogP contribution in [0.3, 0.4) is 0 Å². The molecule has 98 valence electrons. The first-order valence-corrected chi connectivity index (χ1v) is 7.16. The Bertz CT molecular complexity index is 357. The van der Waals surface area contributed by atoms with E-state index in [0.29, 0.717) is 18.9 Å². The molecular formula is C9H19N5O2S. The van der Waals surface area contributed by atoms with Crippen LogP contribution in [-0.4, -0.2) is 56.7 Å². The van der Waals surface area contributed by atoms with Gasteiger partial charge in [0.25, 0.3) is 0 Å². The third-order valence-electron chi connectivity index (χ3n) is 2.29. The lowest BCUT2D eigenvalue weighted by molar-refractivity contribution is 0.196. The molecule has 0 aliphatic heterocycles. The monoisotopic (exact) mass is 261 g/mol. The van der Waals surface area contributed by atoms with Crippen LogP contribution < -0.4 is 5.32 Å². The van der Waals surface area contributed by atoms with E-state index in [9.17, 15) is 4.21 Å². The molecular weight excluding hydrogens is 242 g/mol. The molecule has 0 aliphatic rings. The van der Waals surface area contributed by atoms with Crippen molar-refractivity contribution >= 4 is 10.8 Å². The molecule has 0 aromatic carbocycles. The van der Waals surface area contributed by atoms with E-state index in [0.717, 1.165) is 12.4 Å². The largest absolute Gasteiger partial charge is 0.383 e. The van der Waals surface area contributed by atoms with Crippen molar-refractivity contribution in [1.82, 2.24) is 25.5 Å². The Morgan fingerprint density at radius 1 is 1.59 bits per heavy atom. The Balaban J connectivity index is 2.51. The first-order chi connectivity index (χ1) is 8.15. The molecule has 0 amide bonds. The number of aromatic nitrogens is 4. The summed E-state index contributed by atoms with van der Waals surface area (Å²) in [5.41, 5.74) is 0. The van der Waals surface area contributed by atoms with Gasteiger partial charge in [0.1, 0.15) is 0 Å². The summed E-state index contributed by atoms with van der Waals surface area (Å²) in [6.45, 7) is 3.94. The molecule has 0 saturated carbocycles. The van der Waals surface area contributed by atoms with Crippen LogP contribution in [-0.2, 0) is 22.1 Å². The Hall–Kier alpha value is -0.860. The van der Waals surface area contributed by atoms with Crippen molar-refractivity contribution in [1.29, 1.82) is 0 Å². The van der Waals surface area contributed by atoms with Gasteiger partial charge < -0.3 is 10.1 Å². The van der Waals surface area contributed by atoms with Gasteiger partial charge in [-0.3, -0.25) is 4.21 Å². The lowest BCUT2D eigenvalue weighted by atomic mass is 10.3. The molecule has 8 heteroatoms. The van der Waals surface area contributed by atoms with Crippen LogP contribution in [0.4, 0.5) is 0 Å². The molecule has 17 heavy (non-hydrogen) atoms. The molecule has 1 aromatic rings. The van der Waals surface area contributed by atoms with Crippen LogP contribution in [0.15, 0.2) is 0 Å². The summed E-state index contributed by atoms with van der Waals surface area (Å²) in [5, 5.41) is 14.8. The Kier molecular flexibility index (Phi) is 6.23. The van der Waals surface area contributed by atoms with Crippen molar-refractivity contribution in [3.8, 4) is 0 Å². The fourth-order valence-corrected chi connectivity index (χ4v) is 1.79.